The number of aryl methyl sites for hydroxylation is 1. The normalized spacial score (nSPS) is 11.2. The third kappa shape index (κ3) is 2.02. The van der Waals surface area contributed by atoms with Crippen LogP contribution in [-0.2, 0) is 6.54 Å². The third-order valence-corrected chi connectivity index (χ3v) is 3.51. The first-order valence-electron chi connectivity index (χ1n) is 6.46. The van der Waals surface area contributed by atoms with Crippen LogP contribution in [-0.4, -0.2) is 14.5 Å². The summed E-state index contributed by atoms with van der Waals surface area (Å²) in [6, 6.07) is 9.21. The molecular formula is C15H14ClN3O. The van der Waals surface area contributed by atoms with Crippen LogP contribution >= 0.6 is 11.6 Å². The highest BCUT2D eigenvalue weighted by Gasteiger charge is 2.13. The summed E-state index contributed by atoms with van der Waals surface area (Å²) < 4.78 is 1.67. The SMILES string of the molecule is CCn1c(-c2cccc(Cl)c2)nc2[nH]c(C)cc2c1=O. The van der Waals surface area contributed by atoms with Gasteiger partial charge in [0.1, 0.15) is 11.5 Å². The second kappa shape index (κ2) is 4.80. The van der Waals surface area contributed by atoms with Crippen LogP contribution in [0.4, 0.5) is 0 Å². The van der Waals surface area contributed by atoms with Crippen molar-refractivity contribution in [2.24, 2.45) is 0 Å². The smallest absolute Gasteiger partial charge is 0.263 e. The monoisotopic (exact) mass is 287 g/mol. The molecule has 0 radical (unpaired) electrons. The second-order valence-electron chi connectivity index (χ2n) is 4.71. The van der Waals surface area contributed by atoms with Crippen molar-refractivity contribution in [2.45, 2.75) is 20.4 Å². The molecule has 20 heavy (non-hydrogen) atoms. The maximum Gasteiger partial charge on any atom is 0.263 e. The number of benzene rings is 1. The van der Waals surface area contributed by atoms with Crippen LogP contribution in [0.25, 0.3) is 22.4 Å². The molecule has 0 saturated heterocycles. The zero-order chi connectivity index (χ0) is 14.3. The van der Waals surface area contributed by atoms with Crippen molar-refractivity contribution in [3.63, 3.8) is 0 Å². The van der Waals surface area contributed by atoms with Crippen LogP contribution in [0.2, 0.25) is 5.02 Å². The largest absolute Gasteiger partial charge is 0.343 e. The van der Waals surface area contributed by atoms with Crippen molar-refractivity contribution < 1.29 is 0 Å². The van der Waals surface area contributed by atoms with Crippen molar-refractivity contribution in [2.75, 3.05) is 0 Å². The molecule has 5 heteroatoms. The Hall–Kier alpha value is -2.07. The molecule has 0 amide bonds. The fourth-order valence-corrected chi connectivity index (χ4v) is 2.57. The Labute approximate surface area is 121 Å². The number of halogens is 1. The van der Waals surface area contributed by atoms with E-state index in [9.17, 15) is 4.79 Å². The van der Waals surface area contributed by atoms with E-state index in [4.69, 9.17) is 11.6 Å². The number of nitrogens with one attached hydrogen (secondary N) is 1. The summed E-state index contributed by atoms with van der Waals surface area (Å²) in [7, 11) is 0. The molecule has 2 aromatic heterocycles. The van der Waals surface area contributed by atoms with Gasteiger partial charge in [-0.3, -0.25) is 9.36 Å². The number of rotatable bonds is 2. The molecular weight excluding hydrogens is 274 g/mol. The average molecular weight is 288 g/mol. The summed E-state index contributed by atoms with van der Waals surface area (Å²) in [5.41, 5.74) is 2.35. The highest BCUT2D eigenvalue weighted by atomic mass is 35.5. The third-order valence-electron chi connectivity index (χ3n) is 3.28. The van der Waals surface area contributed by atoms with E-state index in [0.717, 1.165) is 11.3 Å². The van der Waals surface area contributed by atoms with Gasteiger partial charge in [0, 0.05) is 22.8 Å². The number of nitrogens with zero attached hydrogens (tertiary/aromatic N) is 2. The summed E-state index contributed by atoms with van der Waals surface area (Å²) in [4.78, 5) is 20.2. The number of aromatic amines is 1. The standard InChI is InChI=1S/C15H14ClN3O/c1-3-19-14(10-5-4-6-11(16)8-10)18-13-12(15(19)20)7-9(2)17-13/h4-8,17H,3H2,1-2H3. The number of fused-ring (bicyclic) bond motifs is 1. The van der Waals surface area contributed by atoms with Gasteiger partial charge in [-0.25, -0.2) is 4.98 Å². The zero-order valence-corrected chi connectivity index (χ0v) is 12.0. The number of hydrogen-bond acceptors (Lipinski definition) is 2. The van der Waals surface area contributed by atoms with E-state index < -0.39 is 0 Å². The van der Waals surface area contributed by atoms with E-state index in [1.54, 1.807) is 10.6 Å². The van der Waals surface area contributed by atoms with Crippen molar-refractivity contribution >= 4 is 22.6 Å². The predicted molar refractivity (Wildman–Crippen MR) is 81.2 cm³/mol. The zero-order valence-electron chi connectivity index (χ0n) is 11.3. The summed E-state index contributed by atoms with van der Waals surface area (Å²) in [6.45, 7) is 4.41. The van der Waals surface area contributed by atoms with Gasteiger partial charge < -0.3 is 4.98 Å². The van der Waals surface area contributed by atoms with Crippen LogP contribution in [0.3, 0.4) is 0 Å². The van der Waals surface area contributed by atoms with Crippen LogP contribution < -0.4 is 5.56 Å². The van der Waals surface area contributed by atoms with Crippen LogP contribution in [0.5, 0.6) is 0 Å². The minimum atomic E-state index is -0.0307. The molecule has 102 valence electrons. The molecule has 0 saturated carbocycles. The molecule has 1 N–H and O–H groups in total. The Morgan fingerprint density at radius 1 is 1.35 bits per heavy atom. The Kier molecular flexibility index (Phi) is 3.10. The van der Waals surface area contributed by atoms with Gasteiger partial charge in [-0.05, 0) is 32.0 Å². The Bertz CT molecular complexity index is 848. The van der Waals surface area contributed by atoms with Gasteiger partial charge in [0.25, 0.3) is 5.56 Å². The van der Waals surface area contributed by atoms with Gasteiger partial charge in [-0.2, -0.15) is 0 Å². The highest BCUT2D eigenvalue weighted by molar-refractivity contribution is 6.30. The lowest BCUT2D eigenvalue weighted by atomic mass is 10.2. The van der Waals surface area contributed by atoms with Gasteiger partial charge in [-0.1, -0.05) is 23.7 Å². The molecule has 4 nitrogen and oxygen atoms in total. The van der Waals surface area contributed by atoms with Gasteiger partial charge >= 0.3 is 0 Å². The van der Waals surface area contributed by atoms with Crippen molar-refractivity contribution in [3.05, 3.63) is 51.4 Å². The first-order chi connectivity index (χ1) is 9.60. The lowest BCUT2D eigenvalue weighted by molar-refractivity contribution is 0.727. The quantitative estimate of drug-likeness (QED) is 0.785. The minimum absolute atomic E-state index is 0.0307. The highest BCUT2D eigenvalue weighted by Crippen LogP contribution is 2.22. The first kappa shape index (κ1) is 12.9. The van der Waals surface area contributed by atoms with E-state index in [0.29, 0.717) is 28.4 Å². The molecule has 3 rings (SSSR count). The molecule has 0 aliphatic heterocycles. The molecule has 0 aliphatic carbocycles. The lowest BCUT2D eigenvalue weighted by Gasteiger charge is -2.10. The minimum Gasteiger partial charge on any atom is -0.343 e. The van der Waals surface area contributed by atoms with E-state index in [-0.39, 0.29) is 5.56 Å². The van der Waals surface area contributed by atoms with Crippen molar-refractivity contribution in [1.82, 2.24) is 14.5 Å². The molecule has 1 aromatic carbocycles. The number of H-pyrrole nitrogens is 1. The Morgan fingerprint density at radius 2 is 2.15 bits per heavy atom. The summed E-state index contributed by atoms with van der Waals surface area (Å²) >= 11 is 6.03. The molecule has 0 unspecified atom stereocenters. The van der Waals surface area contributed by atoms with Gasteiger partial charge in [-0.15, -0.1) is 0 Å². The molecule has 3 aromatic rings. The summed E-state index contributed by atoms with van der Waals surface area (Å²) in [6.07, 6.45) is 0. The van der Waals surface area contributed by atoms with Crippen LogP contribution in [0.1, 0.15) is 12.6 Å². The van der Waals surface area contributed by atoms with Crippen molar-refractivity contribution in [1.29, 1.82) is 0 Å². The summed E-state index contributed by atoms with van der Waals surface area (Å²) in [5.74, 6) is 0.634. The number of hydrogen-bond donors (Lipinski definition) is 1. The summed E-state index contributed by atoms with van der Waals surface area (Å²) in [5, 5.41) is 1.25. The number of aromatic nitrogens is 3. The molecule has 0 bridgehead atoms. The lowest BCUT2D eigenvalue weighted by Crippen LogP contribution is -2.22. The molecule has 2 heterocycles. The molecule has 0 spiro atoms. The first-order valence-corrected chi connectivity index (χ1v) is 6.84. The van der Waals surface area contributed by atoms with Gasteiger partial charge in [0.05, 0.1) is 5.39 Å². The van der Waals surface area contributed by atoms with Gasteiger partial charge in [0.15, 0.2) is 0 Å². The van der Waals surface area contributed by atoms with E-state index in [2.05, 4.69) is 9.97 Å². The maximum absolute atomic E-state index is 12.5. The predicted octanol–water partition coefficient (Wildman–Crippen LogP) is 3.37. The van der Waals surface area contributed by atoms with Gasteiger partial charge in [0.2, 0.25) is 0 Å². The van der Waals surface area contributed by atoms with Crippen LogP contribution in [0.15, 0.2) is 35.1 Å². The Morgan fingerprint density at radius 3 is 2.85 bits per heavy atom. The van der Waals surface area contributed by atoms with E-state index in [1.807, 2.05) is 38.1 Å². The fraction of sp³-hybridized carbons (Fsp3) is 0.200. The van der Waals surface area contributed by atoms with Crippen molar-refractivity contribution in [3.8, 4) is 11.4 Å². The van der Waals surface area contributed by atoms with E-state index >= 15 is 0 Å². The van der Waals surface area contributed by atoms with E-state index in [1.165, 1.54) is 0 Å². The average Bonchev–Trinajstić information content (AvgIpc) is 2.79. The van der Waals surface area contributed by atoms with Crippen LogP contribution in [0, 0.1) is 6.92 Å². The Balaban J connectivity index is 2.37. The fourth-order valence-electron chi connectivity index (χ4n) is 2.38. The maximum atomic E-state index is 12.5. The molecule has 0 aliphatic rings. The molecule has 0 fully saturated rings. The topological polar surface area (TPSA) is 50.7 Å². The molecule has 0 atom stereocenters. The second-order valence-corrected chi connectivity index (χ2v) is 5.15.